The zero-order valence-electron chi connectivity index (χ0n) is 10.9. The van der Waals surface area contributed by atoms with Crippen molar-refractivity contribution in [1.82, 2.24) is 0 Å². The summed E-state index contributed by atoms with van der Waals surface area (Å²) < 4.78 is 10.8. The first-order valence-corrected chi connectivity index (χ1v) is 7.28. The molecule has 98 valence electrons. The van der Waals surface area contributed by atoms with E-state index >= 15 is 0 Å². The van der Waals surface area contributed by atoms with Gasteiger partial charge in [-0.15, -0.1) is 0 Å². The van der Waals surface area contributed by atoms with E-state index in [1.165, 1.54) is 19.3 Å². The number of rotatable bonds is 6. The Morgan fingerprint density at radius 2 is 1.78 bits per heavy atom. The molecule has 4 aliphatic rings. The van der Waals surface area contributed by atoms with Gasteiger partial charge in [0.2, 0.25) is 0 Å². The van der Waals surface area contributed by atoms with Crippen molar-refractivity contribution in [3.63, 3.8) is 0 Å². The molecule has 0 amide bonds. The summed E-state index contributed by atoms with van der Waals surface area (Å²) in [5.74, 6) is 5.61. The first kappa shape index (κ1) is 11.0. The van der Waals surface area contributed by atoms with E-state index in [1.807, 2.05) is 0 Å². The van der Waals surface area contributed by atoms with Gasteiger partial charge in [0, 0.05) is 5.92 Å². The Bertz CT molecular complexity index is 391. The van der Waals surface area contributed by atoms with Crippen molar-refractivity contribution < 1.29 is 9.47 Å². The molecule has 2 heteroatoms. The molecule has 0 N–H and O–H groups in total. The molecule has 4 saturated carbocycles. The highest BCUT2D eigenvalue weighted by atomic mass is 16.5. The van der Waals surface area contributed by atoms with Crippen LogP contribution in [0.25, 0.3) is 0 Å². The van der Waals surface area contributed by atoms with Gasteiger partial charge in [-0.25, -0.2) is 0 Å². The number of fused-ring (bicyclic) bond motifs is 3. The van der Waals surface area contributed by atoms with Gasteiger partial charge in [0.15, 0.2) is 0 Å². The molecule has 7 unspecified atom stereocenters. The fourth-order valence-electron chi connectivity index (χ4n) is 5.81. The highest BCUT2D eigenvalue weighted by molar-refractivity contribution is 5.33. The molecular formula is C16H22O2. The summed E-state index contributed by atoms with van der Waals surface area (Å²) in [6, 6.07) is 0. The first-order valence-electron chi connectivity index (χ1n) is 7.28. The van der Waals surface area contributed by atoms with E-state index in [0.29, 0.717) is 0 Å². The Balaban J connectivity index is 1.40. The van der Waals surface area contributed by atoms with Crippen LogP contribution in [0, 0.1) is 40.9 Å². The van der Waals surface area contributed by atoms with Gasteiger partial charge in [0.1, 0.15) is 0 Å². The molecule has 0 aromatic heterocycles. The van der Waals surface area contributed by atoms with E-state index < -0.39 is 0 Å². The summed E-state index contributed by atoms with van der Waals surface area (Å²) in [7, 11) is 0. The highest BCUT2D eigenvalue weighted by Gasteiger charge is 2.86. The fourth-order valence-corrected chi connectivity index (χ4v) is 5.81. The molecule has 2 nitrogen and oxygen atoms in total. The van der Waals surface area contributed by atoms with Gasteiger partial charge in [-0.05, 0) is 54.3 Å². The average Bonchev–Trinajstić information content (AvgIpc) is 3.17. The predicted octanol–water partition coefficient (Wildman–Crippen LogP) is 3.21. The van der Waals surface area contributed by atoms with E-state index in [2.05, 4.69) is 13.2 Å². The maximum Gasteiger partial charge on any atom is 0.0909 e. The van der Waals surface area contributed by atoms with Gasteiger partial charge >= 0.3 is 0 Å². The molecule has 0 heterocycles. The van der Waals surface area contributed by atoms with E-state index in [-0.39, 0.29) is 0 Å². The molecule has 0 aliphatic heterocycles. The van der Waals surface area contributed by atoms with Crippen molar-refractivity contribution >= 4 is 0 Å². The second-order valence-corrected chi connectivity index (χ2v) is 6.72. The van der Waals surface area contributed by atoms with E-state index in [0.717, 1.165) is 54.1 Å². The van der Waals surface area contributed by atoms with Crippen LogP contribution in [-0.2, 0) is 9.47 Å². The molecular weight excluding hydrogens is 224 g/mol. The molecule has 0 saturated heterocycles. The normalized spacial score (nSPS) is 54.0. The molecule has 1 spiro atoms. The maximum absolute atomic E-state index is 5.45. The van der Waals surface area contributed by atoms with Crippen LogP contribution in [0.5, 0.6) is 0 Å². The Hall–Kier alpha value is -0.920. The van der Waals surface area contributed by atoms with Crippen LogP contribution in [0.2, 0.25) is 0 Å². The molecule has 4 aliphatic carbocycles. The lowest BCUT2D eigenvalue weighted by atomic mass is 9.90. The van der Waals surface area contributed by atoms with E-state index in [1.54, 1.807) is 12.5 Å². The van der Waals surface area contributed by atoms with Crippen molar-refractivity contribution in [1.29, 1.82) is 0 Å². The molecule has 4 rings (SSSR count). The number of hydrogen-bond acceptors (Lipinski definition) is 2. The third-order valence-electron chi connectivity index (χ3n) is 6.32. The average molecular weight is 246 g/mol. The Labute approximate surface area is 109 Å². The van der Waals surface area contributed by atoms with Crippen LogP contribution >= 0.6 is 0 Å². The first-order chi connectivity index (χ1) is 8.82. The SMILES string of the molecule is C=COCC1CC2C(C1)C1C(COC=C)C13CC23. The molecule has 0 aromatic rings. The lowest BCUT2D eigenvalue weighted by Crippen LogP contribution is -2.12. The lowest BCUT2D eigenvalue weighted by Gasteiger charge is -2.16. The number of ether oxygens (including phenoxy) is 2. The number of hydrogen-bond donors (Lipinski definition) is 0. The molecule has 18 heavy (non-hydrogen) atoms. The van der Waals surface area contributed by atoms with Crippen molar-refractivity contribution in [2.75, 3.05) is 13.2 Å². The molecule has 0 aromatic carbocycles. The Morgan fingerprint density at radius 1 is 1.06 bits per heavy atom. The molecule has 0 radical (unpaired) electrons. The largest absolute Gasteiger partial charge is 0.502 e. The van der Waals surface area contributed by atoms with Gasteiger partial charge < -0.3 is 9.47 Å². The summed E-state index contributed by atoms with van der Waals surface area (Å²) in [4.78, 5) is 0. The van der Waals surface area contributed by atoms with Crippen LogP contribution in [-0.4, -0.2) is 13.2 Å². The third kappa shape index (κ3) is 1.19. The Morgan fingerprint density at radius 3 is 2.56 bits per heavy atom. The molecule has 4 fully saturated rings. The third-order valence-corrected chi connectivity index (χ3v) is 6.32. The van der Waals surface area contributed by atoms with Crippen molar-refractivity contribution in [3.05, 3.63) is 25.7 Å². The quantitative estimate of drug-likeness (QED) is 0.670. The van der Waals surface area contributed by atoms with Gasteiger partial charge in [-0.1, -0.05) is 13.2 Å². The topological polar surface area (TPSA) is 18.5 Å². The minimum absolute atomic E-state index is 0.739. The fraction of sp³-hybridized carbons (Fsp3) is 0.750. The second-order valence-electron chi connectivity index (χ2n) is 6.72. The molecule has 0 bridgehead atoms. The van der Waals surface area contributed by atoms with E-state index in [9.17, 15) is 0 Å². The smallest absolute Gasteiger partial charge is 0.0909 e. The van der Waals surface area contributed by atoms with Crippen molar-refractivity contribution in [3.8, 4) is 0 Å². The Kier molecular flexibility index (Phi) is 2.16. The standard InChI is InChI=1S/C16H22O2/c1-3-17-8-10-5-11-12(6-10)15-14(9-18-4-2)16(15)7-13(11)16/h3-4,10-15H,1-2,5-9H2. The maximum atomic E-state index is 5.45. The van der Waals surface area contributed by atoms with Crippen LogP contribution < -0.4 is 0 Å². The lowest BCUT2D eigenvalue weighted by molar-refractivity contribution is 0.191. The van der Waals surface area contributed by atoms with Crippen molar-refractivity contribution in [2.24, 2.45) is 40.9 Å². The minimum Gasteiger partial charge on any atom is -0.502 e. The molecule has 7 atom stereocenters. The van der Waals surface area contributed by atoms with Crippen LogP contribution in [0.4, 0.5) is 0 Å². The van der Waals surface area contributed by atoms with E-state index in [4.69, 9.17) is 9.47 Å². The van der Waals surface area contributed by atoms with Gasteiger partial charge in [-0.2, -0.15) is 0 Å². The van der Waals surface area contributed by atoms with Gasteiger partial charge in [0.05, 0.1) is 25.7 Å². The monoisotopic (exact) mass is 246 g/mol. The van der Waals surface area contributed by atoms with Gasteiger partial charge in [0.25, 0.3) is 0 Å². The van der Waals surface area contributed by atoms with Crippen LogP contribution in [0.15, 0.2) is 25.7 Å². The van der Waals surface area contributed by atoms with Gasteiger partial charge in [-0.3, -0.25) is 0 Å². The van der Waals surface area contributed by atoms with Crippen molar-refractivity contribution in [2.45, 2.75) is 19.3 Å². The van der Waals surface area contributed by atoms with Crippen LogP contribution in [0.3, 0.4) is 0 Å². The predicted molar refractivity (Wildman–Crippen MR) is 69.5 cm³/mol. The zero-order chi connectivity index (χ0) is 12.3. The van der Waals surface area contributed by atoms with Crippen LogP contribution in [0.1, 0.15) is 19.3 Å². The summed E-state index contributed by atoms with van der Waals surface area (Å²) in [6.07, 6.45) is 7.46. The summed E-state index contributed by atoms with van der Waals surface area (Å²) in [6.45, 7) is 9.10. The highest BCUT2D eigenvalue weighted by Crippen LogP contribution is 2.90. The minimum atomic E-state index is 0.739. The summed E-state index contributed by atoms with van der Waals surface area (Å²) >= 11 is 0. The zero-order valence-corrected chi connectivity index (χ0v) is 10.9. The second kappa shape index (κ2) is 3.55. The summed E-state index contributed by atoms with van der Waals surface area (Å²) in [5, 5.41) is 0. The summed E-state index contributed by atoms with van der Waals surface area (Å²) in [5.41, 5.74) is 0.739.